The highest BCUT2D eigenvalue weighted by molar-refractivity contribution is 6.39. The van der Waals surface area contributed by atoms with Gasteiger partial charge < -0.3 is 10.6 Å². The van der Waals surface area contributed by atoms with Gasteiger partial charge in [0.05, 0.1) is 0 Å². The van der Waals surface area contributed by atoms with E-state index >= 15 is 0 Å². The maximum Gasteiger partial charge on any atom is 0.313 e. The molecule has 0 unspecified atom stereocenters. The van der Waals surface area contributed by atoms with Gasteiger partial charge in [-0.2, -0.15) is 0 Å². The normalized spacial score (nSPS) is 10.9. The molecule has 0 spiro atoms. The standard InChI is InChI=1S/C20H20F5N3O2/c1-3-28(4-2)10-12-7-5-11(6-8-12)9-26-19(29)20(30)27-18-16(24)14(22)13(21)15(23)17(18)25/h5-8H,3-4,9-10H2,1-2H3,(H,26,29)(H,27,30). The molecule has 0 fully saturated rings. The Labute approximate surface area is 169 Å². The molecule has 5 nitrogen and oxygen atoms in total. The van der Waals surface area contributed by atoms with Gasteiger partial charge in [0, 0.05) is 13.1 Å². The third kappa shape index (κ3) is 5.32. The number of nitrogens with zero attached hydrogens (tertiary/aromatic N) is 1. The van der Waals surface area contributed by atoms with E-state index in [0.29, 0.717) is 5.56 Å². The lowest BCUT2D eigenvalue weighted by Crippen LogP contribution is -2.35. The number of benzene rings is 2. The summed E-state index contributed by atoms with van der Waals surface area (Å²) >= 11 is 0. The molecule has 30 heavy (non-hydrogen) atoms. The zero-order valence-electron chi connectivity index (χ0n) is 16.3. The third-order valence-corrected chi connectivity index (χ3v) is 4.43. The van der Waals surface area contributed by atoms with E-state index in [1.807, 2.05) is 26.0 Å². The fourth-order valence-electron chi connectivity index (χ4n) is 2.62. The molecule has 2 aromatic rings. The van der Waals surface area contributed by atoms with Gasteiger partial charge in [0.1, 0.15) is 5.69 Å². The average molecular weight is 429 g/mol. The van der Waals surface area contributed by atoms with Gasteiger partial charge in [-0.15, -0.1) is 0 Å². The minimum absolute atomic E-state index is 0.0745. The fraction of sp³-hybridized carbons (Fsp3) is 0.300. The van der Waals surface area contributed by atoms with E-state index in [-0.39, 0.29) is 6.54 Å². The molecule has 0 saturated carbocycles. The van der Waals surface area contributed by atoms with Gasteiger partial charge in [-0.05, 0) is 24.2 Å². The van der Waals surface area contributed by atoms with Crippen molar-refractivity contribution in [2.75, 3.05) is 18.4 Å². The number of nitrogens with one attached hydrogen (secondary N) is 2. The zero-order chi connectivity index (χ0) is 22.4. The number of hydrogen-bond acceptors (Lipinski definition) is 3. The zero-order valence-corrected chi connectivity index (χ0v) is 16.3. The molecule has 2 rings (SSSR count). The molecule has 2 aromatic carbocycles. The summed E-state index contributed by atoms with van der Waals surface area (Å²) in [7, 11) is 0. The molecule has 162 valence electrons. The summed E-state index contributed by atoms with van der Waals surface area (Å²) < 4.78 is 66.5. The lowest BCUT2D eigenvalue weighted by molar-refractivity contribution is -0.136. The van der Waals surface area contributed by atoms with Gasteiger partial charge in [-0.3, -0.25) is 14.5 Å². The van der Waals surface area contributed by atoms with Crippen molar-refractivity contribution >= 4 is 17.5 Å². The Hall–Kier alpha value is -3.01. The SMILES string of the molecule is CCN(CC)Cc1ccc(CNC(=O)C(=O)Nc2c(F)c(F)c(F)c(F)c2F)cc1. The summed E-state index contributed by atoms with van der Waals surface area (Å²) in [5.41, 5.74) is 0.112. The number of halogens is 5. The minimum atomic E-state index is -2.36. The second kappa shape index (κ2) is 10.1. The quantitative estimate of drug-likeness (QED) is 0.307. The van der Waals surface area contributed by atoms with Crippen LogP contribution in [0, 0.1) is 29.1 Å². The van der Waals surface area contributed by atoms with Crippen LogP contribution in [-0.4, -0.2) is 29.8 Å². The fourth-order valence-corrected chi connectivity index (χ4v) is 2.62. The lowest BCUT2D eigenvalue weighted by Gasteiger charge is -2.18. The van der Waals surface area contributed by atoms with Gasteiger partial charge in [-0.1, -0.05) is 38.1 Å². The Balaban J connectivity index is 1.98. The molecule has 0 aliphatic heterocycles. The van der Waals surface area contributed by atoms with Crippen molar-refractivity contribution in [1.82, 2.24) is 10.2 Å². The average Bonchev–Trinajstić information content (AvgIpc) is 2.76. The number of rotatable bonds is 7. The number of amides is 2. The van der Waals surface area contributed by atoms with Crippen molar-refractivity contribution in [3.63, 3.8) is 0 Å². The van der Waals surface area contributed by atoms with Crippen molar-refractivity contribution in [1.29, 1.82) is 0 Å². The van der Waals surface area contributed by atoms with Crippen LogP contribution < -0.4 is 10.6 Å². The Morgan fingerprint density at radius 3 is 1.73 bits per heavy atom. The van der Waals surface area contributed by atoms with Crippen LogP contribution in [0.4, 0.5) is 27.6 Å². The molecule has 2 amide bonds. The molecule has 0 bridgehead atoms. The lowest BCUT2D eigenvalue weighted by atomic mass is 10.1. The van der Waals surface area contributed by atoms with Gasteiger partial charge in [0.15, 0.2) is 23.3 Å². The van der Waals surface area contributed by atoms with Gasteiger partial charge in [0.25, 0.3) is 0 Å². The Morgan fingerprint density at radius 2 is 1.23 bits per heavy atom. The highest BCUT2D eigenvalue weighted by Crippen LogP contribution is 2.27. The first-order valence-electron chi connectivity index (χ1n) is 9.10. The van der Waals surface area contributed by atoms with Crippen LogP contribution in [0.1, 0.15) is 25.0 Å². The first-order valence-corrected chi connectivity index (χ1v) is 9.10. The first-order chi connectivity index (χ1) is 14.2. The van der Waals surface area contributed by atoms with E-state index in [0.717, 1.165) is 25.2 Å². The molecule has 10 heteroatoms. The van der Waals surface area contributed by atoms with Gasteiger partial charge >= 0.3 is 11.8 Å². The molecular weight excluding hydrogens is 409 g/mol. The number of carbonyl (C=O) groups excluding carboxylic acids is 2. The number of hydrogen-bond donors (Lipinski definition) is 2. The Morgan fingerprint density at radius 1 is 0.767 bits per heavy atom. The van der Waals surface area contributed by atoms with Crippen LogP contribution in [0.3, 0.4) is 0 Å². The van der Waals surface area contributed by atoms with E-state index in [1.165, 1.54) is 5.32 Å². The van der Waals surface area contributed by atoms with Gasteiger partial charge in [-0.25, -0.2) is 22.0 Å². The molecule has 0 radical (unpaired) electrons. The molecule has 0 aromatic heterocycles. The van der Waals surface area contributed by atoms with Crippen molar-refractivity contribution in [3.8, 4) is 0 Å². The van der Waals surface area contributed by atoms with Crippen LogP contribution >= 0.6 is 0 Å². The maximum absolute atomic E-state index is 13.6. The summed E-state index contributed by atoms with van der Waals surface area (Å²) in [6.45, 7) is 6.56. The molecule has 2 N–H and O–H groups in total. The monoisotopic (exact) mass is 429 g/mol. The van der Waals surface area contributed by atoms with E-state index in [1.54, 1.807) is 12.1 Å². The van der Waals surface area contributed by atoms with Crippen molar-refractivity contribution in [2.45, 2.75) is 26.9 Å². The summed E-state index contributed by atoms with van der Waals surface area (Å²) in [5.74, 6) is -14.2. The van der Waals surface area contributed by atoms with E-state index < -0.39 is 46.6 Å². The number of carbonyl (C=O) groups is 2. The number of anilines is 1. The molecule has 0 heterocycles. The molecule has 0 aliphatic carbocycles. The molecule has 0 saturated heterocycles. The Bertz CT molecular complexity index is 902. The summed E-state index contributed by atoms with van der Waals surface area (Å²) in [5, 5.41) is 3.63. The van der Waals surface area contributed by atoms with E-state index in [2.05, 4.69) is 10.2 Å². The predicted octanol–water partition coefficient (Wildman–Crippen LogP) is 3.48. The molecule has 0 atom stereocenters. The van der Waals surface area contributed by atoms with E-state index in [9.17, 15) is 31.5 Å². The Kier molecular flexibility index (Phi) is 7.87. The summed E-state index contributed by atoms with van der Waals surface area (Å²) in [6.07, 6.45) is 0. The maximum atomic E-state index is 13.6. The van der Waals surface area contributed by atoms with Crippen molar-refractivity contribution in [2.24, 2.45) is 0 Å². The molecule has 0 aliphatic rings. The smallest absolute Gasteiger partial charge is 0.313 e. The minimum Gasteiger partial charge on any atom is -0.344 e. The highest BCUT2D eigenvalue weighted by atomic mass is 19.2. The van der Waals surface area contributed by atoms with Crippen LogP contribution in [0.2, 0.25) is 0 Å². The van der Waals surface area contributed by atoms with Gasteiger partial charge in [0.2, 0.25) is 5.82 Å². The first kappa shape index (κ1) is 23.3. The summed E-state index contributed by atoms with van der Waals surface area (Å²) in [6, 6.07) is 7.19. The van der Waals surface area contributed by atoms with Crippen molar-refractivity contribution < 1.29 is 31.5 Å². The van der Waals surface area contributed by atoms with Crippen LogP contribution in [0.5, 0.6) is 0 Å². The second-order valence-electron chi connectivity index (χ2n) is 6.36. The highest BCUT2D eigenvalue weighted by Gasteiger charge is 2.28. The van der Waals surface area contributed by atoms with Crippen molar-refractivity contribution in [3.05, 3.63) is 64.5 Å². The third-order valence-electron chi connectivity index (χ3n) is 4.43. The molecular formula is C20H20F5N3O2. The predicted molar refractivity (Wildman–Crippen MR) is 99.8 cm³/mol. The van der Waals surface area contributed by atoms with Crippen LogP contribution in [0.15, 0.2) is 24.3 Å². The second-order valence-corrected chi connectivity index (χ2v) is 6.36. The summed E-state index contributed by atoms with van der Waals surface area (Å²) in [4.78, 5) is 25.8. The van der Waals surface area contributed by atoms with Crippen LogP contribution in [-0.2, 0) is 22.7 Å². The van der Waals surface area contributed by atoms with E-state index in [4.69, 9.17) is 0 Å². The topological polar surface area (TPSA) is 61.4 Å². The van der Waals surface area contributed by atoms with Crippen LogP contribution in [0.25, 0.3) is 0 Å². The largest absolute Gasteiger partial charge is 0.344 e.